The average molecular weight is 433 g/mol. The van der Waals surface area contributed by atoms with Gasteiger partial charge in [0.2, 0.25) is 0 Å². The summed E-state index contributed by atoms with van der Waals surface area (Å²) in [5.41, 5.74) is 2.60. The van der Waals surface area contributed by atoms with Gasteiger partial charge in [-0.2, -0.15) is 0 Å². The van der Waals surface area contributed by atoms with Crippen molar-refractivity contribution in [2.45, 2.75) is 44.7 Å². The van der Waals surface area contributed by atoms with Crippen LogP contribution in [0.25, 0.3) is 22.1 Å². The van der Waals surface area contributed by atoms with E-state index in [1.807, 2.05) is 36.4 Å². The molecule has 0 aliphatic carbocycles. The zero-order valence-corrected chi connectivity index (χ0v) is 18.8. The first-order valence-electron chi connectivity index (χ1n) is 11.9. The number of hydrogen-bond acceptors (Lipinski definition) is 5. The zero-order chi connectivity index (χ0) is 22.1. The Bertz CT molecular complexity index is 1140. The number of benzene rings is 2. The number of phenols is 1. The van der Waals surface area contributed by atoms with Crippen LogP contribution in [0.2, 0.25) is 0 Å². The second-order valence-electron chi connectivity index (χ2n) is 9.48. The summed E-state index contributed by atoms with van der Waals surface area (Å²) in [6.07, 6.45) is 6.49. The van der Waals surface area contributed by atoms with E-state index in [4.69, 9.17) is 4.42 Å². The molecule has 2 atom stereocenters. The Morgan fingerprint density at radius 3 is 2.72 bits per heavy atom. The number of aromatic hydroxyl groups is 1. The van der Waals surface area contributed by atoms with Crippen molar-refractivity contribution in [3.63, 3.8) is 0 Å². The normalized spacial score (nSPS) is 21.7. The van der Waals surface area contributed by atoms with Gasteiger partial charge in [0, 0.05) is 30.6 Å². The molecule has 5 rings (SSSR count). The molecule has 1 aromatic heterocycles. The molecule has 0 radical (unpaired) electrons. The molecule has 0 unspecified atom stereocenters. The number of phenolic OH excluding ortho intramolecular Hbond substituents is 1. The average Bonchev–Trinajstić information content (AvgIpc) is 2.81. The Balaban J connectivity index is 1.44. The topological polar surface area (TPSA) is 56.9 Å². The Kier molecular flexibility index (Phi) is 6.03. The molecular weight excluding hydrogens is 400 g/mol. The molecule has 2 fully saturated rings. The third kappa shape index (κ3) is 4.19. The predicted octanol–water partition coefficient (Wildman–Crippen LogP) is 4.86. The third-order valence-corrected chi connectivity index (χ3v) is 7.28. The Morgan fingerprint density at radius 2 is 1.88 bits per heavy atom. The van der Waals surface area contributed by atoms with E-state index in [-0.39, 0.29) is 5.75 Å². The van der Waals surface area contributed by atoms with Crippen molar-refractivity contribution < 1.29 is 9.52 Å². The minimum absolute atomic E-state index is 0.181. The van der Waals surface area contributed by atoms with Crippen LogP contribution in [0, 0.1) is 5.92 Å². The molecule has 5 nitrogen and oxygen atoms in total. The molecule has 0 bridgehead atoms. The molecule has 32 heavy (non-hydrogen) atoms. The highest BCUT2D eigenvalue weighted by molar-refractivity contribution is 5.95. The predicted molar refractivity (Wildman–Crippen MR) is 128 cm³/mol. The maximum Gasteiger partial charge on any atom is 0.336 e. The van der Waals surface area contributed by atoms with Gasteiger partial charge in [0.25, 0.3) is 0 Å². The van der Waals surface area contributed by atoms with Gasteiger partial charge in [0.15, 0.2) is 0 Å². The van der Waals surface area contributed by atoms with E-state index in [0.29, 0.717) is 29.7 Å². The monoisotopic (exact) mass is 432 g/mol. The maximum absolute atomic E-state index is 12.4. The summed E-state index contributed by atoms with van der Waals surface area (Å²) in [5, 5.41) is 11.6. The highest BCUT2D eigenvalue weighted by Gasteiger charge is 2.33. The summed E-state index contributed by atoms with van der Waals surface area (Å²) in [5.74, 6) is 0.832. The quantitative estimate of drug-likeness (QED) is 0.584. The Hall–Kier alpha value is -2.63. The molecule has 0 spiro atoms. The van der Waals surface area contributed by atoms with Crippen LogP contribution in [-0.4, -0.2) is 47.6 Å². The van der Waals surface area contributed by atoms with Crippen LogP contribution in [0.1, 0.15) is 37.7 Å². The molecule has 2 aliphatic rings. The summed E-state index contributed by atoms with van der Waals surface area (Å²) in [6.45, 7) is 4.01. The largest absolute Gasteiger partial charge is 0.507 e. The molecule has 0 saturated carbocycles. The van der Waals surface area contributed by atoms with Gasteiger partial charge in [0.05, 0.1) is 5.56 Å². The summed E-state index contributed by atoms with van der Waals surface area (Å²) in [4.78, 5) is 17.4. The highest BCUT2D eigenvalue weighted by Crippen LogP contribution is 2.35. The smallest absolute Gasteiger partial charge is 0.336 e. The van der Waals surface area contributed by atoms with Crippen molar-refractivity contribution in [1.82, 2.24) is 9.80 Å². The number of fused-ring (bicyclic) bond motifs is 2. The first-order chi connectivity index (χ1) is 15.6. The van der Waals surface area contributed by atoms with Crippen molar-refractivity contribution in [3.05, 3.63) is 64.5 Å². The lowest BCUT2D eigenvalue weighted by Crippen LogP contribution is -2.50. The van der Waals surface area contributed by atoms with Crippen molar-refractivity contribution in [2.75, 3.05) is 26.7 Å². The van der Waals surface area contributed by atoms with Crippen molar-refractivity contribution >= 4 is 11.0 Å². The first-order valence-corrected chi connectivity index (χ1v) is 11.9. The number of rotatable bonds is 5. The molecule has 3 heterocycles. The Labute approximate surface area is 189 Å². The van der Waals surface area contributed by atoms with Crippen LogP contribution in [-0.2, 0) is 6.54 Å². The van der Waals surface area contributed by atoms with Crippen LogP contribution in [0.5, 0.6) is 5.75 Å². The van der Waals surface area contributed by atoms with Gasteiger partial charge < -0.3 is 19.3 Å². The molecule has 5 heteroatoms. The van der Waals surface area contributed by atoms with Gasteiger partial charge in [-0.15, -0.1) is 0 Å². The van der Waals surface area contributed by atoms with Gasteiger partial charge in [-0.05, 0) is 75.0 Å². The molecular formula is C27H32N2O3. The SMILES string of the molecule is CN(Cc1c(O)ccc2c(-c3ccccc3)cc(=O)oc12)C[C@@H]1CCCN2CCCC[C@H]12. The van der Waals surface area contributed by atoms with E-state index in [1.165, 1.54) is 45.2 Å². The zero-order valence-electron chi connectivity index (χ0n) is 18.8. The van der Waals surface area contributed by atoms with Gasteiger partial charge in [-0.25, -0.2) is 4.79 Å². The maximum atomic E-state index is 12.4. The molecule has 2 saturated heterocycles. The molecule has 0 amide bonds. The molecule has 2 aromatic carbocycles. The number of hydrogen-bond donors (Lipinski definition) is 1. The van der Waals surface area contributed by atoms with Crippen molar-refractivity contribution in [2.24, 2.45) is 5.92 Å². The van der Waals surface area contributed by atoms with Gasteiger partial charge in [-0.1, -0.05) is 36.8 Å². The minimum Gasteiger partial charge on any atom is -0.507 e. The van der Waals surface area contributed by atoms with Crippen LogP contribution < -0.4 is 5.63 Å². The third-order valence-electron chi connectivity index (χ3n) is 7.28. The fraction of sp³-hybridized carbons (Fsp3) is 0.444. The second kappa shape index (κ2) is 9.08. The van der Waals surface area contributed by atoms with Crippen LogP contribution >= 0.6 is 0 Å². The van der Waals surface area contributed by atoms with Crippen LogP contribution in [0.15, 0.2) is 57.7 Å². The fourth-order valence-corrected chi connectivity index (χ4v) is 5.81. The van der Waals surface area contributed by atoms with E-state index < -0.39 is 5.63 Å². The van der Waals surface area contributed by atoms with Gasteiger partial charge in [-0.3, -0.25) is 0 Å². The van der Waals surface area contributed by atoms with Gasteiger partial charge >= 0.3 is 5.63 Å². The summed E-state index contributed by atoms with van der Waals surface area (Å²) in [6, 6.07) is 15.7. The van der Waals surface area contributed by atoms with Crippen LogP contribution in [0.3, 0.4) is 0 Å². The van der Waals surface area contributed by atoms with Crippen LogP contribution in [0.4, 0.5) is 0 Å². The molecule has 2 aliphatic heterocycles. The molecule has 1 N–H and O–H groups in total. The van der Waals surface area contributed by atoms with E-state index in [2.05, 4.69) is 16.8 Å². The second-order valence-corrected chi connectivity index (χ2v) is 9.48. The van der Waals surface area contributed by atoms with Crippen molar-refractivity contribution in [3.8, 4) is 16.9 Å². The summed E-state index contributed by atoms with van der Waals surface area (Å²) < 4.78 is 5.66. The van der Waals surface area contributed by atoms with E-state index in [9.17, 15) is 9.90 Å². The van der Waals surface area contributed by atoms with E-state index in [0.717, 1.165) is 23.1 Å². The fourth-order valence-electron chi connectivity index (χ4n) is 5.81. The first kappa shape index (κ1) is 21.2. The van der Waals surface area contributed by atoms with Crippen molar-refractivity contribution in [1.29, 1.82) is 0 Å². The van der Waals surface area contributed by atoms with E-state index >= 15 is 0 Å². The van der Waals surface area contributed by atoms with Gasteiger partial charge in [0.1, 0.15) is 11.3 Å². The lowest BCUT2D eigenvalue weighted by molar-refractivity contribution is 0.0434. The minimum atomic E-state index is -0.393. The summed E-state index contributed by atoms with van der Waals surface area (Å²) >= 11 is 0. The highest BCUT2D eigenvalue weighted by atomic mass is 16.4. The molecule has 3 aromatic rings. The summed E-state index contributed by atoms with van der Waals surface area (Å²) in [7, 11) is 2.11. The molecule has 168 valence electrons. The number of nitrogens with zero attached hydrogens (tertiary/aromatic N) is 2. The number of piperidine rings is 2. The van der Waals surface area contributed by atoms with E-state index in [1.54, 1.807) is 12.1 Å². The standard InChI is InChI=1S/C27H32N2O3/c1-28(17-20-10-7-15-29-14-6-5-11-24(20)29)18-23-25(30)13-12-21-22(16-26(31)32-27(21)23)19-8-3-2-4-9-19/h2-4,8-9,12-13,16,20,24,30H,5-7,10-11,14-15,17-18H2,1H3/t20-,24+/m0/s1. The lowest BCUT2D eigenvalue weighted by Gasteiger charge is -2.45. The Morgan fingerprint density at radius 1 is 1.06 bits per heavy atom. The lowest BCUT2D eigenvalue weighted by atomic mass is 9.83.